The normalized spacial score (nSPS) is 9.83. The molecule has 1 aromatic heterocycles. The number of nitrogens with one attached hydrogen (secondary N) is 1. The van der Waals surface area contributed by atoms with Crippen molar-refractivity contribution in [3.8, 4) is 6.07 Å². The smallest absolute Gasteiger partial charge is 0.142 e. The summed E-state index contributed by atoms with van der Waals surface area (Å²) in [6.07, 6.45) is 0. The Morgan fingerprint density at radius 2 is 2.17 bits per heavy atom. The first-order valence-corrected chi connectivity index (χ1v) is 5.62. The van der Waals surface area contributed by atoms with E-state index in [9.17, 15) is 4.39 Å². The highest BCUT2D eigenvalue weighted by Crippen LogP contribution is 2.16. The Morgan fingerprint density at radius 1 is 1.33 bits per heavy atom. The van der Waals surface area contributed by atoms with Gasteiger partial charge < -0.3 is 5.32 Å². The maximum absolute atomic E-state index is 13.0. The number of hydrogen-bond donors (Lipinski definition) is 1. The molecule has 2 rings (SSSR count). The zero-order valence-corrected chi connectivity index (χ0v) is 10.1. The Labute approximate surface area is 109 Å². The molecular formula is C13H9ClFN3. The Balaban J connectivity index is 2.07. The summed E-state index contributed by atoms with van der Waals surface area (Å²) in [6, 6.07) is 11.6. The van der Waals surface area contributed by atoms with Crippen molar-refractivity contribution >= 4 is 17.4 Å². The predicted molar refractivity (Wildman–Crippen MR) is 67.7 cm³/mol. The van der Waals surface area contributed by atoms with Crippen LogP contribution in [0.4, 0.5) is 10.2 Å². The molecule has 0 aliphatic rings. The monoisotopic (exact) mass is 261 g/mol. The van der Waals surface area contributed by atoms with Crippen LogP contribution in [0.1, 0.15) is 11.3 Å². The van der Waals surface area contributed by atoms with Crippen molar-refractivity contribution in [2.45, 2.75) is 6.54 Å². The van der Waals surface area contributed by atoms with Gasteiger partial charge in [0.05, 0.1) is 5.02 Å². The highest BCUT2D eigenvalue weighted by Gasteiger charge is 2.01. The van der Waals surface area contributed by atoms with Crippen molar-refractivity contribution in [3.05, 3.63) is 58.5 Å². The molecule has 0 radical (unpaired) electrons. The van der Waals surface area contributed by atoms with Gasteiger partial charge in [-0.2, -0.15) is 5.26 Å². The van der Waals surface area contributed by atoms with E-state index in [4.69, 9.17) is 16.9 Å². The van der Waals surface area contributed by atoms with Crippen LogP contribution >= 0.6 is 11.6 Å². The number of nitriles is 1. The number of hydrogen-bond acceptors (Lipinski definition) is 3. The Bertz CT molecular complexity index is 607. The Hall–Kier alpha value is -2.12. The third-order valence-electron chi connectivity index (χ3n) is 2.32. The van der Waals surface area contributed by atoms with Gasteiger partial charge in [0.25, 0.3) is 0 Å². The van der Waals surface area contributed by atoms with Gasteiger partial charge in [0.15, 0.2) is 0 Å². The molecule has 0 spiro atoms. The highest BCUT2D eigenvalue weighted by atomic mass is 35.5. The molecule has 1 heterocycles. The van der Waals surface area contributed by atoms with E-state index >= 15 is 0 Å². The van der Waals surface area contributed by atoms with Gasteiger partial charge >= 0.3 is 0 Å². The first-order chi connectivity index (χ1) is 8.69. The summed E-state index contributed by atoms with van der Waals surface area (Å²) in [6.45, 7) is 0.460. The third-order valence-corrected chi connectivity index (χ3v) is 2.61. The number of benzene rings is 1. The Kier molecular flexibility index (Phi) is 3.75. The van der Waals surface area contributed by atoms with E-state index in [1.165, 1.54) is 6.07 Å². The molecule has 3 nitrogen and oxygen atoms in total. The molecule has 0 fully saturated rings. The fourth-order valence-electron chi connectivity index (χ4n) is 1.44. The van der Waals surface area contributed by atoms with Crippen LogP contribution in [0.25, 0.3) is 0 Å². The fraction of sp³-hybridized carbons (Fsp3) is 0.0769. The van der Waals surface area contributed by atoms with Crippen molar-refractivity contribution in [1.29, 1.82) is 5.26 Å². The molecule has 0 saturated heterocycles. The van der Waals surface area contributed by atoms with Crippen LogP contribution in [0.2, 0.25) is 5.02 Å². The minimum atomic E-state index is -0.440. The van der Waals surface area contributed by atoms with Gasteiger partial charge in [-0.15, -0.1) is 0 Å². The summed E-state index contributed by atoms with van der Waals surface area (Å²) in [5.41, 5.74) is 1.18. The van der Waals surface area contributed by atoms with E-state index in [1.54, 1.807) is 30.3 Å². The number of pyridine rings is 1. The number of halogens is 2. The van der Waals surface area contributed by atoms with E-state index in [0.29, 0.717) is 18.1 Å². The summed E-state index contributed by atoms with van der Waals surface area (Å²) >= 11 is 5.68. The minimum absolute atomic E-state index is 0.0908. The van der Waals surface area contributed by atoms with Crippen LogP contribution in [-0.2, 0) is 6.54 Å². The van der Waals surface area contributed by atoms with Crippen molar-refractivity contribution in [2.75, 3.05) is 5.32 Å². The molecular weight excluding hydrogens is 253 g/mol. The van der Waals surface area contributed by atoms with E-state index in [2.05, 4.69) is 10.3 Å². The summed E-state index contributed by atoms with van der Waals surface area (Å²) in [7, 11) is 0. The average Bonchev–Trinajstić information content (AvgIpc) is 2.40. The van der Waals surface area contributed by atoms with Gasteiger partial charge in [0.1, 0.15) is 23.4 Å². The third kappa shape index (κ3) is 2.96. The van der Waals surface area contributed by atoms with Gasteiger partial charge in [0, 0.05) is 6.54 Å². The first-order valence-electron chi connectivity index (χ1n) is 5.24. The second-order valence-corrected chi connectivity index (χ2v) is 4.03. The molecule has 0 amide bonds. The van der Waals surface area contributed by atoms with E-state index < -0.39 is 5.82 Å². The molecule has 0 atom stereocenters. The number of rotatable bonds is 3. The van der Waals surface area contributed by atoms with E-state index in [-0.39, 0.29) is 5.02 Å². The molecule has 18 heavy (non-hydrogen) atoms. The number of aromatic nitrogens is 1. The van der Waals surface area contributed by atoms with Crippen LogP contribution in [0.15, 0.2) is 36.4 Å². The molecule has 2 aromatic rings. The van der Waals surface area contributed by atoms with Crippen LogP contribution in [0, 0.1) is 17.1 Å². The van der Waals surface area contributed by atoms with Gasteiger partial charge in [-0.05, 0) is 29.8 Å². The Morgan fingerprint density at radius 3 is 2.89 bits per heavy atom. The molecule has 0 aliphatic carbocycles. The molecule has 1 aromatic carbocycles. The van der Waals surface area contributed by atoms with Crippen LogP contribution in [0.5, 0.6) is 0 Å². The van der Waals surface area contributed by atoms with Gasteiger partial charge in [-0.1, -0.05) is 23.7 Å². The second-order valence-electron chi connectivity index (χ2n) is 3.62. The highest BCUT2D eigenvalue weighted by molar-refractivity contribution is 6.30. The molecule has 0 unspecified atom stereocenters. The number of anilines is 1. The van der Waals surface area contributed by atoms with Gasteiger partial charge in [0.2, 0.25) is 0 Å². The summed E-state index contributed by atoms with van der Waals surface area (Å²) in [4.78, 5) is 4.07. The van der Waals surface area contributed by atoms with E-state index in [1.807, 2.05) is 6.07 Å². The summed E-state index contributed by atoms with van der Waals surface area (Å²) < 4.78 is 13.0. The molecule has 5 heteroatoms. The van der Waals surface area contributed by atoms with Crippen molar-refractivity contribution in [3.63, 3.8) is 0 Å². The average molecular weight is 262 g/mol. The molecule has 0 aliphatic heterocycles. The van der Waals surface area contributed by atoms with Gasteiger partial charge in [-0.3, -0.25) is 0 Å². The standard InChI is InChI=1S/C13H9ClFN3/c14-11-6-9(4-5-12(11)15)8-17-13-3-1-2-10(7-16)18-13/h1-6H,8H2,(H,17,18). The quantitative estimate of drug-likeness (QED) is 0.922. The largest absolute Gasteiger partial charge is 0.366 e. The summed E-state index contributed by atoms with van der Waals surface area (Å²) in [5.74, 6) is 0.152. The topological polar surface area (TPSA) is 48.7 Å². The zero-order chi connectivity index (χ0) is 13.0. The second kappa shape index (κ2) is 5.48. The SMILES string of the molecule is N#Cc1cccc(NCc2ccc(F)c(Cl)c2)n1. The predicted octanol–water partition coefficient (Wildman–Crippen LogP) is 3.36. The van der Waals surface area contributed by atoms with Crippen LogP contribution in [-0.4, -0.2) is 4.98 Å². The summed E-state index contributed by atoms with van der Waals surface area (Å²) in [5, 5.41) is 11.8. The van der Waals surface area contributed by atoms with Crippen LogP contribution in [0.3, 0.4) is 0 Å². The molecule has 90 valence electrons. The lowest BCUT2D eigenvalue weighted by atomic mass is 10.2. The minimum Gasteiger partial charge on any atom is -0.366 e. The molecule has 0 saturated carbocycles. The maximum Gasteiger partial charge on any atom is 0.142 e. The van der Waals surface area contributed by atoms with Crippen molar-refractivity contribution < 1.29 is 4.39 Å². The van der Waals surface area contributed by atoms with Crippen molar-refractivity contribution in [1.82, 2.24) is 4.98 Å². The lowest BCUT2D eigenvalue weighted by Gasteiger charge is -2.06. The molecule has 1 N–H and O–H groups in total. The van der Waals surface area contributed by atoms with Crippen LogP contribution < -0.4 is 5.32 Å². The van der Waals surface area contributed by atoms with E-state index in [0.717, 1.165) is 5.56 Å². The van der Waals surface area contributed by atoms with Gasteiger partial charge in [-0.25, -0.2) is 9.37 Å². The fourth-order valence-corrected chi connectivity index (χ4v) is 1.64. The molecule has 0 bridgehead atoms. The lowest BCUT2D eigenvalue weighted by Crippen LogP contribution is -2.02. The lowest BCUT2D eigenvalue weighted by molar-refractivity contribution is 0.627. The van der Waals surface area contributed by atoms with Crippen molar-refractivity contribution in [2.24, 2.45) is 0 Å². The first kappa shape index (κ1) is 12.3. The number of nitrogens with zero attached hydrogens (tertiary/aromatic N) is 2. The zero-order valence-electron chi connectivity index (χ0n) is 9.32. The maximum atomic E-state index is 13.0.